The molecule has 0 bridgehead atoms. The molecule has 0 aliphatic heterocycles. The number of oxazole rings is 1. The zero-order valence-corrected chi connectivity index (χ0v) is 16.8. The molecule has 0 radical (unpaired) electrons. The van der Waals surface area contributed by atoms with Crippen LogP contribution in [0.3, 0.4) is 0 Å². The van der Waals surface area contributed by atoms with Crippen molar-refractivity contribution >= 4 is 33.6 Å². The summed E-state index contributed by atoms with van der Waals surface area (Å²) in [5.74, 6) is 0.301. The predicted octanol–water partition coefficient (Wildman–Crippen LogP) is 5.03. The lowest BCUT2D eigenvalue weighted by Crippen LogP contribution is -2.14. The molecular weight excluding hydrogens is 392 g/mol. The van der Waals surface area contributed by atoms with Crippen LogP contribution in [0, 0.1) is 0 Å². The number of carbonyl (C=O) groups excluding carboxylic acids is 1. The quantitative estimate of drug-likeness (QED) is 0.408. The van der Waals surface area contributed by atoms with Gasteiger partial charge in [-0.15, -0.1) is 0 Å². The molecule has 7 heteroatoms. The number of anilines is 1. The zero-order valence-electron chi connectivity index (χ0n) is 16.8. The second kappa shape index (κ2) is 7.95. The van der Waals surface area contributed by atoms with Crippen LogP contribution in [0.5, 0.6) is 6.08 Å². The molecule has 0 fully saturated rings. The number of nitrogens with zero attached hydrogens (tertiary/aromatic N) is 2. The van der Waals surface area contributed by atoms with E-state index in [1.807, 2.05) is 73.7 Å². The molecule has 0 saturated heterocycles. The van der Waals surface area contributed by atoms with E-state index in [9.17, 15) is 4.79 Å². The fourth-order valence-corrected chi connectivity index (χ4v) is 3.53. The third kappa shape index (κ3) is 3.98. The van der Waals surface area contributed by atoms with Crippen LogP contribution < -0.4 is 10.1 Å². The molecule has 3 aromatic carbocycles. The average Bonchev–Trinajstić information content (AvgIpc) is 3.40. The van der Waals surface area contributed by atoms with Crippen molar-refractivity contribution in [3.8, 4) is 6.08 Å². The number of H-pyrrole nitrogens is 1. The van der Waals surface area contributed by atoms with Crippen molar-refractivity contribution in [3.63, 3.8) is 0 Å². The van der Waals surface area contributed by atoms with E-state index in [2.05, 4.69) is 20.5 Å². The Hall–Kier alpha value is -4.13. The lowest BCUT2D eigenvalue weighted by Gasteiger charge is -2.08. The number of benzene rings is 3. The summed E-state index contributed by atoms with van der Waals surface area (Å²) >= 11 is 0. The van der Waals surface area contributed by atoms with Gasteiger partial charge in [0.25, 0.3) is 0 Å². The molecular formula is C24H20N4O3. The van der Waals surface area contributed by atoms with Crippen molar-refractivity contribution in [1.29, 1.82) is 0 Å². The van der Waals surface area contributed by atoms with Gasteiger partial charge in [0.05, 0.1) is 12.1 Å². The summed E-state index contributed by atoms with van der Waals surface area (Å²) in [6, 6.07) is 23.2. The van der Waals surface area contributed by atoms with Crippen LogP contribution in [0.15, 0.2) is 77.2 Å². The minimum atomic E-state index is -0.385. The Labute approximate surface area is 178 Å². The third-order valence-electron chi connectivity index (χ3n) is 5.09. The molecule has 2 aromatic heterocycles. The van der Waals surface area contributed by atoms with Gasteiger partial charge in [0.1, 0.15) is 11.6 Å². The van der Waals surface area contributed by atoms with E-state index >= 15 is 0 Å². The largest absolute Gasteiger partial charge is 0.441 e. The molecule has 0 spiro atoms. The van der Waals surface area contributed by atoms with Crippen molar-refractivity contribution in [2.45, 2.75) is 19.4 Å². The van der Waals surface area contributed by atoms with Gasteiger partial charge in [-0.25, -0.2) is 0 Å². The molecule has 1 amide bonds. The molecule has 0 aliphatic rings. The summed E-state index contributed by atoms with van der Waals surface area (Å²) in [5.41, 5.74) is 3.06. The number of carbonyl (C=O) groups is 1. The maximum atomic E-state index is 12.6. The van der Waals surface area contributed by atoms with Crippen molar-refractivity contribution in [3.05, 3.63) is 84.1 Å². The Kier molecular flexibility index (Phi) is 4.84. The minimum Gasteiger partial charge on any atom is -0.441 e. The SMILES string of the molecule is C[C@H](Oc1nc2ccccc2o1)c1cc(NC(=O)Cc2cccc3ccccc23)n[nH]1. The van der Waals surface area contributed by atoms with Gasteiger partial charge in [-0.05, 0) is 35.4 Å². The smallest absolute Gasteiger partial charge is 0.395 e. The first kappa shape index (κ1) is 18.9. The molecule has 7 nitrogen and oxygen atoms in total. The number of rotatable bonds is 6. The second-order valence-electron chi connectivity index (χ2n) is 7.28. The summed E-state index contributed by atoms with van der Waals surface area (Å²) < 4.78 is 11.4. The average molecular weight is 412 g/mol. The van der Waals surface area contributed by atoms with Gasteiger partial charge in [-0.1, -0.05) is 54.6 Å². The fourth-order valence-electron chi connectivity index (χ4n) is 3.53. The third-order valence-corrected chi connectivity index (χ3v) is 5.09. The van der Waals surface area contributed by atoms with E-state index in [-0.39, 0.29) is 24.5 Å². The molecule has 0 unspecified atom stereocenters. The maximum absolute atomic E-state index is 12.6. The van der Waals surface area contributed by atoms with Gasteiger partial charge in [-0.3, -0.25) is 9.89 Å². The molecule has 2 N–H and O–H groups in total. The Morgan fingerprint density at radius 3 is 2.81 bits per heavy atom. The molecule has 5 rings (SSSR count). The number of nitrogens with one attached hydrogen (secondary N) is 2. The standard InChI is InChI=1S/C24H20N4O3/c1-15(30-24-25-19-11-4-5-12-21(19)31-24)20-14-22(28-27-20)26-23(29)13-17-9-6-8-16-7-2-3-10-18(16)17/h2-12,14-15H,13H2,1H3,(H2,26,27,28,29)/t15-/m0/s1. The Balaban J connectivity index is 1.25. The summed E-state index contributed by atoms with van der Waals surface area (Å²) in [4.78, 5) is 16.9. The van der Waals surface area contributed by atoms with Gasteiger partial charge in [0.2, 0.25) is 5.91 Å². The zero-order chi connectivity index (χ0) is 21.2. The number of amides is 1. The Morgan fingerprint density at radius 1 is 1.10 bits per heavy atom. The minimum absolute atomic E-state index is 0.137. The lowest BCUT2D eigenvalue weighted by molar-refractivity contribution is -0.115. The summed E-state index contributed by atoms with van der Waals surface area (Å²) in [6.07, 6.45) is 0.0625. The highest BCUT2D eigenvalue weighted by molar-refractivity contribution is 5.95. The molecule has 0 saturated carbocycles. The number of ether oxygens (including phenoxy) is 1. The van der Waals surface area contributed by atoms with Gasteiger partial charge in [0.15, 0.2) is 11.4 Å². The molecule has 0 aliphatic carbocycles. The van der Waals surface area contributed by atoms with E-state index in [1.165, 1.54) is 0 Å². The van der Waals surface area contributed by atoms with Gasteiger partial charge in [0, 0.05) is 6.07 Å². The van der Waals surface area contributed by atoms with Crippen molar-refractivity contribution in [1.82, 2.24) is 15.2 Å². The number of hydrogen-bond donors (Lipinski definition) is 2. The number of para-hydroxylation sites is 2. The van der Waals surface area contributed by atoms with E-state index in [1.54, 1.807) is 6.07 Å². The van der Waals surface area contributed by atoms with Crippen LogP contribution in [-0.4, -0.2) is 21.1 Å². The molecule has 2 heterocycles. The van der Waals surface area contributed by atoms with Crippen LogP contribution in [0.4, 0.5) is 5.82 Å². The van der Waals surface area contributed by atoms with E-state index in [4.69, 9.17) is 9.15 Å². The summed E-state index contributed by atoms with van der Waals surface area (Å²) in [5, 5.41) is 12.1. The highest BCUT2D eigenvalue weighted by atomic mass is 16.6. The highest BCUT2D eigenvalue weighted by Gasteiger charge is 2.16. The number of hydrogen-bond acceptors (Lipinski definition) is 5. The van der Waals surface area contributed by atoms with Crippen LogP contribution in [-0.2, 0) is 11.2 Å². The van der Waals surface area contributed by atoms with Crippen molar-refractivity contribution in [2.24, 2.45) is 0 Å². The van der Waals surface area contributed by atoms with E-state index < -0.39 is 0 Å². The molecule has 1 atom stereocenters. The first-order valence-corrected chi connectivity index (χ1v) is 10.00. The van der Waals surface area contributed by atoms with Crippen LogP contribution in [0.2, 0.25) is 0 Å². The molecule has 5 aromatic rings. The topological polar surface area (TPSA) is 93.0 Å². The Morgan fingerprint density at radius 2 is 1.90 bits per heavy atom. The second-order valence-corrected chi connectivity index (χ2v) is 7.28. The number of fused-ring (bicyclic) bond motifs is 2. The van der Waals surface area contributed by atoms with E-state index in [0.29, 0.717) is 17.1 Å². The van der Waals surface area contributed by atoms with Crippen LogP contribution in [0.1, 0.15) is 24.3 Å². The summed E-state index contributed by atoms with van der Waals surface area (Å²) in [7, 11) is 0. The first-order valence-electron chi connectivity index (χ1n) is 10.00. The van der Waals surface area contributed by atoms with Gasteiger partial charge >= 0.3 is 6.08 Å². The number of aromatic amines is 1. The Bertz CT molecular complexity index is 1330. The lowest BCUT2D eigenvalue weighted by atomic mass is 10.0. The van der Waals surface area contributed by atoms with Gasteiger partial charge in [-0.2, -0.15) is 10.1 Å². The fraction of sp³-hybridized carbons (Fsp3) is 0.125. The monoisotopic (exact) mass is 412 g/mol. The van der Waals surface area contributed by atoms with Crippen LogP contribution >= 0.6 is 0 Å². The van der Waals surface area contributed by atoms with Crippen molar-refractivity contribution < 1.29 is 13.9 Å². The predicted molar refractivity (Wildman–Crippen MR) is 118 cm³/mol. The summed E-state index contributed by atoms with van der Waals surface area (Å²) in [6.45, 7) is 1.85. The molecule has 154 valence electrons. The van der Waals surface area contributed by atoms with E-state index in [0.717, 1.165) is 21.9 Å². The van der Waals surface area contributed by atoms with Gasteiger partial charge < -0.3 is 14.5 Å². The van der Waals surface area contributed by atoms with Crippen LogP contribution in [0.25, 0.3) is 21.9 Å². The van der Waals surface area contributed by atoms with Crippen molar-refractivity contribution in [2.75, 3.05) is 5.32 Å². The normalized spacial score (nSPS) is 12.2. The first-order chi connectivity index (χ1) is 15.2. The maximum Gasteiger partial charge on any atom is 0.395 e. The molecule has 31 heavy (non-hydrogen) atoms. The number of aromatic nitrogens is 3. The highest BCUT2D eigenvalue weighted by Crippen LogP contribution is 2.25.